The van der Waals surface area contributed by atoms with Crippen molar-refractivity contribution in [2.45, 2.75) is 6.92 Å². The Morgan fingerprint density at radius 1 is 1.00 bits per heavy atom. The summed E-state index contributed by atoms with van der Waals surface area (Å²) in [7, 11) is 0. The van der Waals surface area contributed by atoms with Crippen LogP contribution in [-0.2, 0) is 4.79 Å². The van der Waals surface area contributed by atoms with Gasteiger partial charge in [-0.15, -0.1) is 0 Å². The topological polar surface area (TPSA) is 46.0 Å². The van der Waals surface area contributed by atoms with Crippen LogP contribution in [0.1, 0.15) is 6.92 Å². The summed E-state index contributed by atoms with van der Waals surface area (Å²) in [5.41, 5.74) is 2.03. The van der Waals surface area contributed by atoms with E-state index >= 15 is 0 Å². The number of fused-ring (bicyclic) bond motifs is 1. The van der Waals surface area contributed by atoms with E-state index in [2.05, 4.69) is 34.5 Å². The summed E-state index contributed by atoms with van der Waals surface area (Å²) in [6, 6.07) is 22.3. The van der Waals surface area contributed by atoms with E-state index in [9.17, 15) is 4.79 Å². The van der Waals surface area contributed by atoms with Crippen LogP contribution < -0.4 is 19.9 Å². The highest BCUT2D eigenvalue weighted by Crippen LogP contribution is 2.28. The fourth-order valence-electron chi connectivity index (χ4n) is 3.99. The highest BCUT2D eigenvalue weighted by atomic mass is 16.5. The first kappa shape index (κ1) is 19.3. The predicted molar refractivity (Wildman–Crippen MR) is 118 cm³/mol. The summed E-state index contributed by atoms with van der Waals surface area (Å²) in [6.45, 7) is 6.86. The van der Waals surface area contributed by atoms with Gasteiger partial charge in [-0.2, -0.15) is 0 Å². The van der Waals surface area contributed by atoms with Gasteiger partial charge < -0.3 is 19.9 Å². The molecule has 0 saturated carbocycles. The third-order valence-corrected chi connectivity index (χ3v) is 5.45. The zero-order chi connectivity index (χ0) is 20.1. The molecule has 0 bridgehead atoms. The molecule has 150 valence electrons. The number of amides is 1. The Bertz CT molecular complexity index is 975. The highest BCUT2D eigenvalue weighted by Gasteiger charge is 2.24. The Labute approximate surface area is 171 Å². The van der Waals surface area contributed by atoms with Gasteiger partial charge >= 0.3 is 0 Å². The minimum absolute atomic E-state index is 0.0690. The van der Waals surface area contributed by atoms with Crippen LogP contribution in [0.5, 0.6) is 5.75 Å². The number of rotatable bonds is 6. The second-order valence-electron chi connectivity index (χ2n) is 7.39. The highest BCUT2D eigenvalue weighted by molar-refractivity contribution is 6.02. The molecular weight excluding hydrogens is 362 g/mol. The van der Waals surface area contributed by atoms with Crippen molar-refractivity contribution in [2.75, 3.05) is 49.5 Å². The van der Waals surface area contributed by atoms with Crippen molar-refractivity contribution in [1.82, 2.24) is 0 Å². The molecule has 0 radical (unpaired) electrons. The maximum absolute atomic E-state index is 12.6. The molecule has 0 unspecified atom stereocenters. The lowest BCUT2D eigenvalue weighted by atomic mass is 10.1. The molecule has 3 aromatic rings. The number of hydrogen-bond donors (Lipinski definition) is 2. The molecule has 3 aromatic carbocycles. The lowest BCUT2D eigenvalue weighted by Gasteiger charge is -2.34. The van der Waals surface area contributed by atoms with E-state index in [1.54, 1.807) is 0 Å². The number of nitrogens with one attached hydrogen (secondary N) is 2. The van der Waals surface area contributed by atoms with Gasteiger partial charge in [0.1, 0.15) is 5.75 Å². The zero-order valence-electron chi connectivity index (χ0n) is 16.9. The van der Waals surface area contributed by atoms with E-state index in [0.29, 0.717) is 13.2 Å². The van der Waals surface area contributed by atoms with Gasteiger partial charge in [0, 0.05) is 11.1 Å². The normalized spacial score (nSPS) is 14.7. The number of quaternary nitrogens is 1. The van der Waals surface area contributed by atoms with Crippen LogP contribution in [0.4, 0.5) is 11.4 Å². The first-order valence-electron chi connectivity index (χ1n) is 10.3. The van der Waals surface area contributed by atoms with E-state index in [0.717, 1.165) is 54.1 Å². The second-order valence-corrected chi connectivity index (χ2v) is 7.39. The Morgan fingerprint density at radius 2 is 1.72 bits per heavy atom. The Kier molecular flexibility index (Phi) is 5.96. The van der Waals surface area contributed by atoms with Crippen LogP contribution in [0.25, 0.3) is 10.8 Å². The molecule has 5 heteroatoms. The molecule has 1 amide bonds. The van der Waals surface area contributed by atoms with Crippen LogP contribution in [0.15, 0.2) is 66.7 Å². The molecule has 1 saturated heterocycles. The number of para-hydroxylation sites is 2. The van der Waals surface area contributed by atoms with Crippen LogP contribution >= 0.6 is 0 Å². The fraction of sp³-hybridized carbons (Fsp3) is 0.292. The number of benzene rings is 3. The second kappa shape index (κ2) is 8.97. The molecule has 0 aromatic heterocycles. The van der Waals surface area contributed by atoms with Gasteiger partial charge in [-0.05, 0) is 30.5 Å². The molecule has 0 spiro atoms. The van der Waals surface area contributed by atoms with Gasteiger partial charge in [0.2, 0.25) is 0 Å². The SMILES string of the molecule is CCOc1ccccc1N1CC[NH+](CC(=O)Nc2cccc3ccccc23)CC1. The average molecular weight is 391 g/mol. The van der Waals surface area contributed by atoms with Gasteiger partial charge in [0.25, 0.3) is 5.91 Å². The van der Waals surface area contributed by atoms with E-state index in [-0.39, 0.29) is 5.91 Å². The number of carbonyl (C=O) groups is 1. The molecule has 1 heterocycles. The summed E-state index contributed by atoms with van der Waals surface area (Å²) in [5.74, 6) is 1.01. The van der Waals surface area contributed by atoms with E-state index < -0.39 is 0 Å². The molecule has 1 aliphatic heterocycles. The molecule has 2 N–H and O–H groups in total. The standard InChI is InChI=1S/C24H27N3O2/c1-2-29-23-13-6-5-12-22(23)27-16-14-26(15-17-27)18-24(28)25-21-11-7-9-19-8-3-4-10-20(19)21/h3-13H,2,14-18H2,1H3,(H,25,28)/p+1. The van der Waals surface area contributed by atoms with Crippen molar-refractivity contribution in [2.24, 2.45) is 0 Å². The smallest absolute Gasteiger partial charge is 0.279 e. The number of ether oxygens (including phenoxy) is 1. The molecule has 5 nitrogen and oxygen atoms in total. The number of piperazine rings is 1. The molecule has 0 atom stereocenters. The molecular formula is C24H28N3O2+. The van der Waals surface area contributed by atoms with E-state index in [1.165, 1.54) is 4.90 Å². The number of nitrogens with zero attached hydrogens (tertiary/aromatic N) is 1. The van der Waals surface area contributed by atoms with Crippen molar-refractivity contribution >= 4 is 28.1 Å². The third-order valence-electron chi connectivity index (χ3n) is 5.45. The summed E-state index contributed by atoms with van der Waals surface area (Å²) in [5, 5.41) is 5.33. The van der Waals surface area contributed by atoms with Gasteiger partial charge in [-0.25, -0.2) is 0 Å². The molecule has 0 aliphatic carbocycles. The summed E-state index contributed by atoms with van der Waals surface area (Å²) >= 11 is 0. The van der Waals surface area contributed by atoms with Crippen molar-refractivity contribution in [3.8, 4) is 5.75 Å². The minimum Gasteiger partial charge on any atom is -0.492 e. The fourth-order valence-corrected chi connectivity index (χ4v) is 3.99. The Morgan fingerprint density at radius 3 is 2.55 bits per heavy atom. The maximum atomic E-state index is 12.6. The van der Waals surface area contributed by atoms with E-state index in [1.807, 2.05) is 49.4 Å². The Hall–Kier alpha value is -3.05. The first-order chi connectivity index (χ1) is 14.2. The molecule has 4 rings (SSSR count). The van der Waals surface area contributed by atoms with Crippen molar-refractivity contribution in [3.63, 3.8) is 0 Å². The predicted octanol–water partition coefficient (Wildman–Crippen LogP) is 2.58. The van der Waals surface area contributed by atoms with Crippen LogP contribution in [-0.4, -0.2) is 45.2 Å². The number of hydrogen-bond acceptors (Lipinski definition) is 3. The largest absolute Gasteiger partial charge is 0.492 e. The quantitative estimate of drug-likeness (QED) is 0.680. The van der Waals surface area contributed by atoms with Crippen LogP contribution in [0.3, 0.4) is 0 Å². The number of carbonyl (C=O) groups excluding carboxylic acids is 1. The first-order valence-corrected chi connectivity index (χ1v) is 10.3. The van der Waals surface area contributed by atoms with Gasteiger partial charge in [-0.1, -0.05) is 48.5 Å². The molecule has 1 aliphatic rings. The monoisotopic (exact) mass is 390 g/mol. The summed E-state index contributed by atoms with van der Waals surface area (Å²) in [6.07, 6.45) is 0. The van der Waals surface area contributed by atoms with Gasteiger partial charge in [-0.3, -0.25) is 4.79 Å². The van der Waals surface area contributed by atoms with Gasteiger partial charge in [0.15, 0.2) is 6.54 Å². The molecule has 1 fully saturated rings. The lowest BCUT2D eigenvalue weighted by molar-refractivity contribution is -0.892. The van der Waals surface area contributed by atoms with Crippen molar-refractivity contribution in [3.05, 3.63) is 66.7 Å². The number of anilines is 2. The Balaban J connectivity index is 1.34. The van der Waals surface area contributed by atoms with Crippen LogP contribution in [0, 0.1) is 0 Å². The van der Waals surface area contributed by atoms with Gasteiger partial charge in [0.05, 0.1) is 38.5 Å². The average Bonchev–Trinajstić information content (AvgIpc) is 2.75. The maximum Gasteiger partial charge on any atom is 0.279 e. The van der Waals surface area contributed by atoms with Crippen molar-refractivity contribution in [1.29, 1.82) is 0 Å². The minimum atomic E-state index is 0.0690. The molecule has 29 heavy (non-hydrogen) atoms. The van der Waals surface area contributed by atoms with E-state index in [4.69, 9.17) is 4.74 Å². The third kappa shape index (κ3) is 4.51. The summed E-state index contributed by atoms with van der Waals surface area (Å²) < 4.78 is 5.77. The zero-order valence-corrected chi connectivity index (χ0v) is 16.9. The lowest BCUT2D eigenvalue weighted by Crippen LogP contribution is -3.15. The summed E-state index contributed by atoms with van der Waals surface area (Å²) in [4.78, 5) is 16.3. The van der Waals surface area contributed by atoms with Crippen LogP contribution in [0.2, 0.25) is 0 Å². The van der Waals surface area contributed by atoms with Crippen molar-refractivity contribution < 1.29 is 14.4 Å².